The number of ether oxygens (including phenoxy) is 1. The van der Waals surface area contributed by atoms with E-state index in [0.29, 0.717) is 11.3 Å². The molecule has 0 radical (unpaired) electrons. The van der Waals surface area contributed by atoms with Crippen molar-refractivity contribution >= 4 is 17.7 Å². The number of methoxy groups -OCH3 is 1. The summed E-state index contributed by atoms with van der Waals surface area (Å²) in [6.07, 6.45) is -4.72. The Morgan fingerprint density at radius 2 is 2.00 bits per heavy atom. The molecule has 2 rings (SSSR count). The highest BCUT2D eigenvalue weighted by Crippen LogP contribution is 2.38. The van der Waals surface area contributed by atoms with Crippen LogP contribution < -0.4 is 10.1 Å². The van der Waals surface area contributed by atoms with Crippen LogP contribution in [0.1, 0.15) is 11.1 Å². The van der Waals surface area contributed by atoms with E-state index >= 15 is 0 Å². The first-order valence-electron chi connectivity index (χ1n) is 7.30. The summed E-state index contributed by atoms with van der Waals surface area (Å²) in [6.45, 7) is 0. The molecular formula is C17H14F3N3O2S. The quantitative estimate of drug-likeness (QED) is 0.803. The zero-order chi connectivity index (χ0) is 19.3. The number of nitrogens with one attached hydrogen (secondary N) is 1. The number of hydrogen-bond donors (Lipinski definition) is 1. The van der Waals surface area contributed by atoms with Crippen LogP contribution in [0.3, 0.4) is 0 Å². The Hall–Kier alpha value is -2.73. The molecule has 0 saturated heterocycles. The third kappa shape index (κ3) is 4.46. The van der Waals surface area contributed by atoms with Gasteiger partial charge < -0.3 is 10.1 Å². The maximum Gasteiger partial charge on any atom is 0.417 e. The molecule has 0 aliphatic carbocycles. The van der Waals surface area contributed by atoms with Gasteiger partial charge in [0.2, 0.25) is 5.91 Å². The van der Waals surface area contributed by atoms with Crippen molar-refractivity contribution in [1.29, 1.82) is 5.26 Å². The minimum Gasteiger partial charge on any atom is -0.497 e. The molecule has 26 heavy (non-hydrogen) atoms. The maximum absolute atomic E-state index is 13.4. The summed E-state index contributed by atoms with van der Waals surface area (Å²) < 4.78 is 45.3. The molecule has 0 atom stereocenters. The Morgan fingerprint density at radius 1 is 1.35 bits per heavy atom. The Bertz CT molecular complexity index is 846. The molecule has 1 heterocycles. The van der Waals surface area contributed by atoms with Gasteiger partial charge in [-0.15, -0.1) is 0 Å². The molecule has 0 fully saturated rings. The fourth-order valence-electron chi connectivity index (χ4n) is 2.07. The van der Waals surface area contributed by atoms with E-state index in [1.807, 2.05) is 0 Å². The molecule has 1 amide bonds. The number of pyridine rings is 1. The van der Waals surface area contributed by atoms with Crippen molar-refractivity contribution in [2.45, 2.75) is 11.2 Å². The van der Waals surface area contributed by atoms with Crippen molar-refractivity contribution in [3.8, 4) is 23.1 Å². The third-order valence-electron chi connectivity index (χ3n) is 3.41. The number of nitrogens with zero attached hydrogens (tertiary/aromatic N) is 2. The fourth-order valence-corrected chi connectivity index (χ4v) is 2.95. The molecule has 0 saturated carbocycles. The van der Waals surface area contributed by atoms with E-state index in [2.05, 4.69) is 10.3 Å². The van der Waals surface area contributed by atoms with Gasteiger partial charge in [0.25, 0.3) is 0 Å². The minimum absolute atomic E-state index is 0.0541. The van der Waals surface area contributed by atoms with E-state index in [4.69, 9.17) is 4.74 Å². The van der Waals surface area contributed by atoms with Crippen LogP contribution in [0.15, 0.2) is 35.4 Å². The first-order valence-corrected chi connectivity index (χ1v) is 8.28. The summed E-state index contributed by atoms with van der Waals surface area (Å²) in [5, 5.41) is 11.4. The second kappa shape index (κ2) is 8.10. The molecule has 2 aromatic rings. The molecule has 0 aliphatic rings. The van der Waals surface area contributed by atoms with Gasteiger partial charge in [-0.1, -0.05) is 11.8 Å². The third-order valence-corrected chi connectivity index (χ3v) is 4.38. The number of nitriles is 1. The molecule has 0 aliphatic heterocycles. The summed E-state index contributed by atoms with van der Waals surface area (Å²) in [5.74, 6) is 0.0124. The number of alkyl halides is 3. The van der Waals surface area contributed by atoms with Gasteiger partial charge in [0.15, 0.2) is 0 Å². The first-order chi connectivity index (χ1) is 12.3. The lowest BCUT2D eigenvalue weighted by Crippen LogP contribution is -2.20. The SMILES string of the molecule is CNC(=O)CSc1nc(-c2ccc(OC)cc2)cc(C(F)(F)F)c1C#N. The largest absolute Gasteiger partial charge is 0.497 e. The molecule has 0 spiro atoms. The molecule has 1 aromatic heterocycles. The van der Waals surface area contributed by atoms with Crippen LogP contribution in [0.4, 0.5) is 13.2 Å². The summed E-state index contributed by atoms with van der Waals surface area (Å²) in [5.41, 5.74) is -1.19. The normalized spacial score (nSPS) is 10.9. The average molecular weight is 381 g/mol. The maximum atomic E-state index is 13.4. The second-order valence-corrected chi connectivity index (χ2v) is 6.00. The van der Waals surface area contributed by atoms with Crippen molar-refractivity contribution in [2.75, 3.05) is 19.9 Å². The molecule has 5 nitrogen and oxygen atoms in total. The molecule has 1 aromatic carbocycles. The van der Waals surface area contributed by atoms with E-state index in [0.717, 1.165) is 17.8 Å². The lowest BCUT2D eigenvalue weighted by molar-refractivity contribution is -0.138. The topological polar surface area (TPSA) is 75.0 Å². The zero-order valence-electron chi connectivity index (χ0n) is 13.8. The van der Waals surface area contributed by atoms with Crippen LogP contribution in [-0.2, 0) is 11.0 Å². The van der Waals surface area contributed by atoms with E-state index in [9.17, 15) is 23.2 Å². The van der Waals surface area contributed by atoms with Crippen molar-refractivity contribution in [1.82, 2.24) is 10.3 Å². The highest BCUT2D eigenvalue weighted by atomic mass is 32.2. The number of carbonyl (C=O) groups is 1. The van der Waals surface area contributed by atoms with Gasteiger partial charge in [0.05, 0.1) is 29.7 Å². The number of benzene rings is 1. The van der Waals surface area contributed by atoms with Gasteiger partial charge in [-0.25, -0.2) is 4.98 Å². The van der Waals surface area contributed by atoms with Crippen molar-refractivity contribution in [3.63, 3.8) is 0 Å². The highest BCUT2D eigenvalue weighted by Gasteiger charge is 2.36. The van der Waals surface area contributed by atoms with Gasteiger partial charge in [-0.05, 0) is 30.3 Å². The van der Waals surface area contributed by atoms with Crippen molar-refractivity contribution in [3.05, 3.63) is 41.5 Å². The second-order valence-electron chi connectivity index (χ2n) is 5.04. The van der Waals surface area contributed by atoms with Crippen LogP contribution in [0, 0.1) is 11.3 Å². The standard InChI is InChI=1S/C17H14F3N3O2S/c1-22-15(24)9-26-16-12(8-21)13(17(18,19)20)7-14(23-16)10-3-5-11(25-2)6-4-10/h3-7H,9H2,1-2H3,(H,22,24). The molecular weight excluding hydrogens is 367 g/mol. The van der Waals surface area contributed by atoms with E-state index in [1.54, 1.807) is 30.3 Å². The smallest absolute Gasteiger partial charge is 0.417 e. The number of thioether (sulfide) groups is 1. The van der Waals surface area contributed by atoms with Crippen LogP contribution in [0.2, 0.25) is 0 Å². The van der Waals surface area contributed by atoms with Gasteiger partial charge in [0.1, 0.15) is 16.8 Å². The van der Waals surface area contributed by atoms with Gasteiger partial charge in [-0.3, -0.25) is 4.79 Å². The van der Waals surface area contributed by atoms with Crippen molar-refractivity contribution in [2.24, 2.45) is 0 Å². The lowest BCUT2D eigenvalue weighted by atomic mass is 10.1. The molecule has 1 N–H and O–H groups in total. The highest BCUT2D eigenvalue weighted by molar-refractivity contribution is 8.00. The Morgan fingerprint density at radius 3 is 2.50 bits per heavy atom. The Kier molecular flexibility index (Phi) is 6.10. The summed E-state index contributed by atoms with van der Waals surface area (Å²) in [4.78, 5) is 15.6. The number of aromatic nitrogens is 1. The number of halogens is 3. The van der Waals surface area contributed by atoms with Crippen LogP contribution in [0.5, 0.6) is 5.75 Å². The van der Waals surface area contributed by atoms with E-state index in [-0.39, 0.29) is 22.4 Å². The monoisotopic (exact) mass is 381 g/mol. The predicted molar refractivity (Wildman–Crippen MR) is 90.7 cm³/mol. The zero-order valence-corrected chi connectivity index (χ0v) is 14.7. The minimum atomic E-state index is -4.72. The van der Waals surface area contributed by atoms with Crippen LogP contribution >= 0.6 is 11.8 Å². The molecule has 9 heteroatoms. The number of carbonyl (C=O) groups excluding carboxylic acids is 1. The van der Waals surface area contributed by atoms with Crippen molar-refractivity contribution < 1.29 is 22.7 Å². The summed E-state index contributed by atoms with van der Waals surface area (Å²) in [6, 6.07) is 8.73. The van der Waals surface area contributed by atoms with Gasteiger partial charge >= 0.3 is 6.18 Å². The number of rotatable bonds is 5. The van der Waals surface area contributed by atoms with Gasteiger partial charge in [0, 0.05) is 12.6 Å². The predicted octanol–water partition coefficient (Wildman–Crippen LogP) is 3.49. The van der Waals surface area contributed by atoms with Gasteiger partial charge in [-0.2, -0.15) is 18.4 Å². The molecule has 0 unspecified atom stereocenters. The first kappa shape index (κ1) is 19.6. The van der Waals surface area contributed by atoms with E-state index < -0.39 is 17.3 Å². The van der Waals surface area contributed by atoms with Crippen LogP contribution in [0.25, 0.3) is 11.3 Å². The molecule has 0 bridgehead atoms. The Balaban J connectivity index is 2.57. The van der Waals surface area contributed by atoms with E-state index in [1.165, 1.54) is 14.2 Å². The summed E-state index contributed by atoms with van der Waals surface area (Å²) >= 11 is 0.781. The summed E-state index contributed by atoms with van der Waals surface area (Å²) in [7, 11) is 2.89. The molecule has 136 valence electrons. The Labute approximate surface area is 152 Å². The number of amides is 1. The number of hydrogen-bond acceptors (Lipinski definition) is 5. The van der Waals surface area contributed by atoms with Crippen LogP contribution in [-0.4, -0.2) is 30.8 Å². The average Bonchev–Trinajstić information content (AvgIpc) is 2.64. The lowest BCUT2D eigenvalue weighted by Gasteiger charge is -2.14. The fraction of sp³-hybridized carbons (Fsp3) is 0.235.